The second-order valence-electron chi connectivity index (χ2n) is 7.42. The van der Waals surface area contributed by atoms with Gasteiger partial charge in [0.25, 0.3) is 5.91 Å². The molecule has 156 valence electrons. The van der Waals surface area contributed by atoms with Crippen LogP contribution < -0.4 is 10.1 Å². The molecule has 1 saturated heterocycles. The van der Waals surface area contributed by atoms with Crippen LogP contribution in [-0.2, 0) is 16.6 Å². The molecule has 6 nitrogen and oxygen atoms in total. The number of amides is 1. The predicted octanol–water partition coefficient (Wildman–Crippen LogP) is 3.58. The van der Waals surface area contributed by atoms with Crippen molar-refractivity contribution in [3.05, 3.63) is 59.7 Å². The maximum Gasteiger partial charge on any atom is 0.255 e. The zero-order valence-corrected chi connectivity index (χ0v) is 17.7. The Morgan fingerprint density at radius 3 is 2.41 bits per heavy atom. The molecule has 1 fully saturated rings. The fraction of sp³-hybridized carbons (Fsp3) is 0.409. The zero-order valence-electron chi connectivity index (χ0n) is 16.9. The Kier molecular flexibility index (Phi) is 6.92. The fourth-order valence-corrected chi connectivity index (χ4v) is 5.17. The second kappa shape index (κ2) is 9.41. The van der Waals surface area contributed by atoms with Gasteiger partial charge < -0.3 is 10.1 Å². The normalized spacial score (nSPS) is 15.3. The van der Waals surface area contributed by atoms with Crippen LogP contribution in [0.2, 0.25) is 0 Å². The van der Waals surface area contributed by atoms with E-state index in [1.165, 1.54) is 0 Å². The number of hydrogen-bond donors (Lipinski definition) is 1. The highest BCUT2D eigenvalue weighted by Gasteiger charge is 2.28. The predicted molar refractivity (Wildman–Crippen MR) is 112 cm³/mol. The van der Waals surface area contributed by atoms with Crippen LogP contribution in [0.5, 0.6) is 5.75 Å². The van der Waals surface area contributed by atoms with Gasteiger partial charge in [-0.3, -0.25) is 4.79 Å². The molecular formula is C22H28N2O4S. The third-order valence-corrected chi connectivity index (χ3v) is 6.84. The van der Waals surface area contributed by atoms with Crippen LogP contribution in [0.3, 0.4) is 0 Å². The number of piperidine rings is 1. The molecule has 2 aromatic carbocycles. The molecule has 2 aromatic rings. The van der Waals surface area contributed by atoms with Crippen molar-refractivity contribution in [3.8, 4) is 5.75 Å². The van der Waals surface area contributed by atoms with Crippen LogP contribution in [0, 0.1) is 0 Å². The summed E-state index contributed by atoms with van der Waals surface area (Å²) < 4.78 is 33.4. The molecule has 0 atom stereocenters. The first-order valence-electron chi connectivity index (χ1n) is 10.0. The molecule has 0 radical (unpaired) electrons. The van der Waals surface area contributed by atoms with E-state index in [2.05, 4.69) is 5.32 Å². The molecule has 0 aromatic heterocycles. The average Bonchev–Trinajstić information content (AvgIpc) is 2.73. The van der Waals surface area contributed by atoms with Gasteiger partial charge in [0.15, 0.2) is 0 Å². The van der Waals surface area contributed by atoms with Crippen LogP contribution in [0.25, 0.3) is 0 Å². The molecule has 0 saturated carbocycles. The molecule has 1 heterocycles. The Labute approximate surface area is 172 Å². The topological polar surface area (TPSA) is 75.7 Å². The summed E-state index contributed by atoms with van der Waals surface area (Å²) in [7, 11) is -3.57. The van der Waals surface area contributed by atoms with E-state index in [0.29, 0.717) is 30.0 Å². The van der Waals surface area contributed by atoms with Gasteiger partial charge in [-0.25, -0.2) is 8.42 Å². The molecule has 0 aliphatic carbocycles. The molecule has 1 aliphatic heterocycles. The number of para-hydroxylation sites is 1. The molecule has 7 heteroatoms. The number of carbonyl (C=O) groups excluding carboxylic acids is 1. The van der Waals surface area contributed by atoms with Crippen molar-refractivity contribution < 1.29 is 17.9 Å². The summed E-state index contributed by atoms with van der Waals surface area (Å²) in [6, 6.07) is 13.9. The summed E-state index contributed by atoms with van der Waals surface area (Å²) in [6.07, 6.45) is 2.76. The summed E-state index contributed by atoms with van der Waals surface area (Å²) in [5.74, 6) is 0.209. The monoisotopic (exact) mass is 416 g/mol. The maximum absolute atomic E-state index is 13.1. The third kappa shape index (κ3) is 5.16. The highest BCUT2D eigenvalue weighted by atomic mass is 32.2. The van der Waals surface area contributed by atoms with E-state index in [-0.39, 0.29) is 23.5 Å². The average molecular weight is 417 g/mol. The largest absolute Gasteiger partial charge is 0.490 e. The number of ether oxygens (including phenoxy) is 1. The molecule has 0 unspecified atom stereocenters. The molecule has 1 amide bonds. The highest BCUT2D eigenvalue weighted by Crippen LogP contribution is 2.24. The van der Waals surface area contributed by atoms with E-state index < -0.39 is 10.0 Å². The van der Waals surface area contributed by atoms with Gasteiger partial charge in [0, 0.05) is 19.6 Å². The highest BCUT2D eigenvalue weighted by molar-refractivity contribution is 7.89. The van der Waals surface area contributed by atoms with Crippen LogP contribution in [-0.4, -0.2) is 37.8 Å². The molecule has 0 spiro atoms. The van der Waals surface area contributed by atoms with Crippen LogP contribution in [0.4, 0.5) is 0 Å². The summed E-state index contributed by atoms with van der Waals surface area (Å²) in [6.45, 7) is 5.01. The Bertz CT molecular complexity index is 951. The quantitative estimate of drug-likeness (QED) is 0.749. The van der Waals surface area contributed by atoms with Crippen LogP contribution >= 0.6 is 0 Å². The number of carbonyl (C=O) groups is 1. The molecule has 29 heavy (non-hydrogen) atoms. The Balaban J connectivity index is 1.78. The first kappa shape index (κ1) is 21.3. The van der Waals surface area contributed by atoms with Gasteiger partial charge in [0.2, 0.25) is 10.0 Å². The van der Waals surface area contributed by atoms with Crippen molar-refractivity contribution in [2.24, 2.45) is 0 Å². The van der Waals surface area contributed by atoms with E-state index in [0.717, 1.165) is 19.3 Å². The van der Waals surface area contributed by atoms with Gasteiger partial charge in [0.05, 0.1) is 16.6 Å². The van der Waals surface area contributed by atoms with E-state index in [1.54, 1.807) is 46.8 Å². The number of sulfonamides is 1. The lowest BCUT2D eigenvalue weighted by molar-refractivity contribution is 0.0944. The maximum atomic E-state index is 13.1. The van der Waals surface area contributed by atoms with Crippen molar-refractivity contribution in [3.63, 3.8) is 0 Å². The lowest BCUT2D eigenvalue weighted by atomic mass is 10.1. The van der Waals surface area contributed by atoms with E-state index >= 15 is 0 Å². The number of nitrogens with zero attached hydrogens (tertiary/aromatic N) is 1. The van der Waals surface area contributed by atoms with Crippen molar-refractivity contribution in [2.75, 3.05) is 13.1 Å². The first-order chi connectivity index (χ1) is 13.9. The van der Waals surface area contributed by atoms with Crippen LogP contribution in [0.1, 0.15) is 49.0 Å². The SMILES string of the molecule is CC(C)Oc1ccccc1C(=O)NCc1ccccc1S(=O)(=O)N1CCCCC1. The van der Waals surface area contributed by atoms with Gasteiger partial charge in [-0.15, -0.1) is 0 Å². The molecule has 3 rings (SSSR count). The smallest absolute Gasteiger partial charge is 0.255 e. The van der Waals surface area contributed by atoms with Crippen molar-refractivity contribution in [1.82, 2.24) is 9.62 Å². The Morgan fingerprint density at radius 1 is 1.03 bits per heavy atom. The second-order valence-corrected chi connectivity index (χ2v) is 9.32. The zero-order chi connectivity index (χ0) is 20.9. The summed E-state index contributed by atoms with van der Waals surface area (Å²) in [5, 5.41) is 2.84. The van der Waals surface area contributed by atoms with E-state index in [9.17, 15) is 13.2 Å². The summed E-state index contributed by atoms with van der Waals surface area (Å²) in [5.41, 5.74) is 1.01. The summed E-state index contributed by atoms with van der Waals surface area (Å²) in [4.78, 5) is 13.0. The molecular weight excluding hydrogens is 388 g/mol. The van der Waals surface area contributed by atoms with Crippen molar-refractivity contribution in [1.29, 1.82) is 0 Å². The summed E-state index contributed by atoms with van der Waals surface area (Å²) >= 11 is 0. The molecule has 0 bridgehead atoms. The number of rotatable bonds is 7. The minimum atomic E-state index is -3.57. The lowest BCUT2D eigenvalue weighted by Gasteiger charge is -2.26. The molecule has 1 N–H and O–H groups in total. The standard InChI is InChI=1S/C22H28N2O4S/c1-17(2)28-20-12-6-5-11-19(20)22(25)23-16-18-10-4-7-13-21(18)29(26,27)24-14-8-3-9-15-24/h4-7,10-13,17H,3,8-9,14-16H2,1-2H3,(H,23,25). The Morgan fingerprint density at radius 2 is 1.69 bits per heavy atom. The lowest BCUT2D eigenvalue weighted by Crippen LogP contribution is -2.36. The van der Waals surface area contributed by atoms with E-state index in [4.69, 9.17) is 4.74 Å². The number of benzene rings is 2. The van der Waals surface area contributed by atoms with Gasteiger partial charge in [0.1, 0.15) is 5.75 Å². The van der Waals surface area contributed by atoms with Crippen LogP contribution in [0.15, 0.2) is 53.4 Å². The Hall–Kier alpha value is -2.38. The number of nitrogens with one attached hydrogen (secondary N) is 1. The fourth-order valence-electron chi connectivity index (χ4n) is 3.43. The third-order valence-electron chi connectivity index (χ3n) is 4.84. The molecule has 1 aliphatic rings. The van der Waals surface area contributed by atoms with Gasteiger partial charge in [-0.1, -0.05) is 36.8 Å². The van der Waals surface area contributed by atoms with Crippen molar-refractivity contribution in [2.45, 2.75) is 50.7 Å². The van der Waals surface area contributed by atoms with Gasteiger partial charge in [-0.2, -0.15) is 4.31 Å². The van der Waals surface area contributed by atoms with Gasteiger partial charge in [-0.05, 0) is 50.5 Å². The van der Waals surface area contributed by atoms with Gasteiger partial charge >= 0.3 is 0 Å². The minimum Gasteiger partial charge on any atom is -0.490 e. The van der Waals surface area contributed by atoms with E-state index in [1.807, 2.05) is 19.9 Å². The van der Waals surface area contributed by atoms with Crippen molar-refractivity contribution >= 4 is 15.9 Å². The number of hydrogen-bond acceptors (Lipinski definition) is 4. The minimum absolute atomic E-state index is 0.0561. The first-order valence-corrected chi connectivity index (χ1v) is 11.5.